The Hall–Kier alpha value is -0.340. The minimum absolute atomic E-state index is 0.697. The van der Waals surface area contributed by atoms with Crippen molar-refractivity contribution in [2.45, 2.75) is 38.5 Å². The molecule has 0 amide bonds. The molecular weight excluding hydrogens is 236 g/mol. The van der Waals surface area contributed by atoms with E-state index < -0.39 is 0 Å². The Morgan fingerprint density at radius 3 is 2.37 bits per heavy atom. The zero-order valence-corrected chi connectivity index (χ0v) is 12.4. The average Bonchev–Trinajstić information content (AvgIpc) is 3.00. The molecular formula is C17H28O2. The molecule has 0 heterocycles. The van der Waals surface area contributed by atoms with Crippen LogP contribution < -0.4 is 0 Å². The van der Waals surface area contributed by atoms with Crippen LogP contribution in [0.1, 0.15) is 38.5 Å². The first kappa shape index (κ1) is 13.6. The van der Waals surface area contributed by atoms with E-state index in [0.717, 1.165) is 31.0 Å². The molecule has 0 aromatic heterocycles. The fourth-order valence-corrected chi connectivity index (χ4v) is 4.95. The van der Waals surface area contributed by atoms with E-state index in [-0.39, 0.29) is 0 Å². The van der Waals surface area contributed by atoms with E-state index >= 15 is 0 Å². The van der Waals surface area contributed by atoms with Gasteiger partial charge in [0.25, 0.3) is 0 Å². The first-order valence-corrected chi connectivity index (χ1v) is 8.04. The molecule has 2 nitrogen and oxygen atoms in total. The van der Waals surface area contributed by atoms with Gasteiger partial charge in [0.2, 0.25) is 0 Å². The van der Waals surface area contributed by atoms with Gasteiger partial charge in [0.05, 0.1) is 0 Å². The van der Waals surface area contributed by atoms with Crippen LogP contribution in [0.25, 0.3) is 0 Å². The van der Waals surface area contributed by atoms with Crippen LogP contribution in [0.2, 0.25) is 0 Å². The first-order valence-electron chi connectivity index (χ1n) is 8.04. The first-order chi connectivity index (χ1) is 9.35. The van der Waals surface area contributed by atoms with Gasteiger partial charge >= 0.3 is 0 Å². The molecule has 2 heteroatoms. The lowest BCUT2D eigenvalue weighted by atomic mass is 9.72. The van der Waals surface area contributed by atoms with Gasteiger partial charge in [-0.05, 0) is 48.9 Å². The van der Waals surface area contributed by atoms with Gasteiger partial charge in [0, 0.05) is 27.4 Å². The van der Waals surface area contributed by atoms with E-state index in [1.807, 2.05) is 14.2 Å². The lowest BCUT2D eigenvalue weighted by Crippen LogP contribution is -2.31. The molecule has 0 unspecified atom stereocenters. The number of allylic oxidation sites excluding steroid dienone is 2. The van der Waals surface area contributed by atoms with Gasteiger partial charge in [0.15, 0.2) is 0 Å². The summed E-state index contributed by atoms with van der Waals surface area (Å²) in [5, 5.41) is 0. The van der Waals surface area contributed by atoms with Crippen molar-refractivity contribution in [3.05, 3.63) is 11.6 Å². The highest BCUT2D eigenvalue weighted by atomic mass is 16.5. The topological polar surface area (TPSA) is 18.5 Å². The normalized spacial score (nSPS) is 38.7. The summed E-state index contributed by atoms with van der Waals surface area (Å²) in [6.45, 7) is 1.82. The van der Waals surface area contributed by atoms with E-state index in [1.165, 1.54) is 38.5 Å². The van der Waals surface area contributed by atoms with E-state index in [9.17, 15) is 0 Å². The maximum absolute atomic E-state index is 5.51. The fraction of sp³-hybridized carbons (Fsp3) is 0.882. The van der Waals surface area contributed by atoms with Crippen molar-refractivity contribution < 1.29 is 9.47 Å². The summed E-state index contributed by atoms with van der Waals surface area (Å²) in [6.07, 6.45) is 11.2. The van der Waals surface area contributed by atoms with Crippen molar-refractivity contribution in [1.82, 2.24) is 0 Å². The van der Waals surface area contributed by atoms with Crippen molar-refractivity contribution in [1.29, 1.82) is 0 Å². The van der Waals surface area contributed by atoms with Gasteiger partial charge in [-0.3, -0.25) is 0 Å². The second kappa shape index (κ2) is 5.97. The van der Waals surface area contributed by atoms with Gasteiger partial charge < -0.3 is 9.47 Å². The van der Waals surface area contributed by atoms with Crippen LogP contribution in [0, 0.1) is 29.6 Å². The van der Waals surface area contributed by atoms with Gasteiger partial charge in [0.1, 0.15) is 0 Å². The molecule has 0 radical (unpaired) electrons. The molecule has 0 aromatic rings. The quantitative estimate of drug-likeness (QED) is 0.705. The summed E-state index contributed by atoms with van der Waals surface area (Å²) >= 11 is 0. The van der Waals surface area contributed by atoms with Crippen LogP contribution in [-0.2, 0) is 9.47 Å². The van der Waals surface area contributed by atoms with Crippen LogP contribution in [0.15, 0.2) is 11.6 Å². The highest BCUT2D eigenvalue weighted by Gasteiger charge is 2.49. The second-order valence-corrected chi connectivity index (χ2v) is 6.75. The minimum Gasteiger partial charge on any atom is -0.384 e. The molecule has 0 N–H and O–H groups in total. The Morgan fingerprint density at radius 1 is 1.00 bits per heavy atom. The smallest absolute Gasteiger partial charge is 0.0499 e. The Bertz CT molecular complexity index is 330. The van der Waals surface area contributed by atoms with Crippen molar-refractivity contribution in [3.8, 4) is 0 Å². The van der Waals surface area contributed by atoms with Crippen molar-refractivity contribution in [2.24, 2.45) is 29.6 Å². The number of hydrogen-bond acceptors (Lipinski definition) is 2. The number of fused-ring (bicyclic) bond motifs is 2. The predicted octanol–water partition coefficient (Wildman–Crippen LogP) is 3.67. The van der Waals surface area contributed by atoms with Crippen LogP contribution in [0.3, 0.4) is 0 Å². The van der Waals surface area contributed by atoms with E-state index in [2.05, 4.69) is 6.08 Å². The number of ether oxygens (including phenoxy) is 2. The third-order valence-corrected chi connectivity index (χ3v) is 5.77. The Balaban J connectivity index is 1.74. The van der Waals surface area contributed by atoms with Crippen molar-refractivity contribution in [3.63, 3.8) is 0 Å². The summed E-state index contributed by atoms with van der Waals surface area (Å²) in [4.78, 5) is 0. The largest absolute Gasteiger partial charge is 0.384 e. The monoisotopic (exact) mass is 264 g/mol. The lowest BCUT2D eigenvalue weighted by Gasteiger charge is -2.35. The average molecular weight is 264 g/mol. The molecule has 0 aromatic carbocycles. The van der Waals surface area contributed by atoms with Gasteiger partial charge in [-0.25, -0.2) is 0 Å². The number of rotatable bonds is 5. The zero-order valence-electron chi connectivity index (χ0n) is 12.4. The van der Waals surface area contributed by atoms with E-state index in [0.29, 0.717) is 11.8 Å². The summed E-state index contributed by atoms with van der Waals surface area (Å²) in [5.41, 5.74) is 1.80. The molecule has 3 rings (SSSR count). The Morgan fingerprint density at radius 2 is 1.68 bits per heavy atom. The molecule has 108 valence electrons. The molecule has 2 fully saturated rings. The number of hydrogen-bond donors (Lipinski definition) is 0. The summed E-state index contributed by atoms with van der Waals surface area (Å²) in [6, 6.07) is 0. The Labute approximate surface area is 117 Å². The predicted molar refractivity (Wildman–Crippen MR) is 77.0 cm³/mol. The summed E-state index contributed by atoms with van der Waals surface area (Å²) in [5.74, 6) is 3.86. The van der Waals surface area contributed by atoms with Gasteiger partial charge in [-0.2, -0.15) is 0 Å². The molecule has 3 aliphatic rings. The summed E-state index contributed by atoms with van der Waals surface area (Å²) in [7, 11) is 3.68. The minimum atomic E-state index is 0.697. The maximum atomic E-state index is 5.51. The molecule has 2 bridgehead atoms. The molecule has 2 saturated carbocycles. The third kappa shape index (κ3) is 2.50. The molecule has 0 aliphatic heterocycles. The van der Waals surface area contributed by atoms with Crippen molar-refractivity contribution >= 4 is 0 Å². The third-order valence-electron chi connectivity index (χ3n) is 5.77. The van der Waals surface area contributed by atoms with Crippen LogP contribution >= 0.6 is 0 Å². The van der Waals surface area contributed by atoms with Gasteiger partial charge in [-0.15, -0.1) is 0 Å². The maximum Gasteiger partial charge on any atom is 0.0499 e. The van der Waals surface area contributed by atoms with E-state index in [1.54, 1.807) is 5.57 Å². The molecule has 0 saturated heterocycles. The second-order valence-electron chi connectivity index (χ2n) is 6.75. The van der Waals surface area contributed by atoms with Crippen LogP contribution in [-0.4, -0.2) is 27.4 Å². The Kier molecular flexibility index (Phi) is 4.28. The van der Waals surface area contributed by atoms with Crippen LogP contribution in [0.5, 0.6) is 0 Å². The molecule has 19 heavy (non-hydrogen) atoms. The standard InChI is InChI=1S/C17H28O2/c1-18-10-16-13-8-14(12-6-4-3-5-7-12)15(9-13)17(16)11-19-2/h8,12-13,15-17H,3-7,9-11H2,1-2H3/t13-,15-,16-,17+/m1/s1. The fourth-order valence-electron chi connectivity index (χ4n) is 4.95. The van der Waals surface area contributed by atoms with Crippen molar-refractivity contribution in [2.75, 3.05) is 27.4 Å². The van der Waals surface area contributed by atoms with E-state index in [4.69, 9.17) is 9.47 Å². The molecule has 4 atom stereocenters. The van der Waals surface area contributed by atoms with Gasteiger partial charge in [-0.1, -0.05) is 30.9 Å². The number of methoxy groups -OCH3 is 2. The summed E-state index contributed by atoms with van der Waals surface area (Å²) < 4.78 is 11.0. The highest BCUT2D eigenvalue weighted by Crippen LogP contribution is 2.55. The molecule has 3 aliphatic carbocycles. The van der Waals surface area contributed by atoms with Crippen LogP contribution in [0.4, 0.5) is 0 Å². The SMILES string of the molecule is COC[C@@H]1[C@H](COC)[C@@H]2C=C(C3CCCCC3)[C@H]1C2. The zero-order chi connectivity index (χ0) is 13.2. The lowest BCUT2D eigenvalue weighted by molar-refractivity contribution is 0.0603. The highest BCUT2D eigenvalue weighted by molar-refractivity contribution is 5.26. The molecule has 0 spiro atoms.